The zero-order chi connectivity index (χ0) is 12.7. The number of aliphatic imine (C=N–C) groups is 1. The van der Waals surface area contributed by atoms with Crippen molar-refractivity contribution in [1.29, 1.82) is 0 Å². The van der Waals surface area contributed by atoms with Crippen LogP contribution in [0.1, 0.15) is 24.5 Å². The van der Waals surface area contributed by atoms with E-state index in [9.17, 15) is 9.18 Å². The van der Waals surface area contributed by atoms with Crippen molar-refractivity contribution >= 4 is 17.1 Å². The van der Waals surface area contributed by atoms with Gasteiger partial charge < -0.3 is 0 Å². The summed E-state index contributed by atoms with van der Waals surface area (Å²) in [5.41, 5.74) is 4.24. The summed E-state index contributed by atoms with van der Waals surface area (Å²) >= 11 is 0. The number of carbonyl (C=O) groups excluding carboxylic acids is 1. The van der Waals surface area contributed by atoms with Crippen molar-refractivity contribution in [2.45, 2.75) is 19.8 Å². The molecule has 0 saturated heterocycles. The maximum absolute atomic E-state index is 13.3. The number of ketones is 1. The second kappa shape index (κ2) is 4.02. The fourth-order valence-electron chi connectivity index (χ4n) is 2.36. The molecule has 0 amide bonds. The Kier molecular flexibility index (Phi) is 2.47. The second-order valence-corrected chi connectivity index (χ2v) is 4.73. The van der Waals surface area contributed by atoms with E-state index in [4.69, 9.17) is 0 Å². The summed E-state index contributed by atoms with van der Waals surface area (Å²) in [6.07, 6.45) is 4.72. The van der Waals surface area contributed by atoms with Gasteiger partial charge in [-0.1, -0.05) is 6.07 Å². The first-order valence-corrected chi connectivity index (χ1v) is 5.89. The standard InChI is InChI=1S/C15H12FNO/c1-9-4-12(17-8-9)7-14-13-6-11(16)3-2-10(13)5-15(14)18/h2-3,6-8H,4-5H2,1H3/b14-7-. The Morgan fingerprint density at radius 2 is 2.17 bits per heavy atom. The number of nitrogens with zero attached hydrogens (tertiary/aromatic N) is 1. The van der Waals surface area contributed by atoms with Crippen LogP contribution in [0.3, 0.4) is 0 Å². The average molecular weight is 241 g/mol. The third kappa shape index (κ3) is 1.82. The van der Waals surface area contributed by atoms with E-state index in [1.165, 1.54) is 17.7 Å². The molecule has 1 aromatic carbocycles. The van der Waals surface area contributed by atoms with Gasteiger partial charge in [0.2, 0.25) is 0 Å². The van der Waals surface area contributed by atoms with E-state index in [1.807, 2.05) is 6.92 Å². The van der Waals surface area contributed by atoms with Gasteiger partial charge in [0.25, 0.3) is 0 Å². The molecule has 3 heteroatoms. The Bertz CT molecular complexity index is 638. The third-order valence-corrected chi connectivity index (χ3v) is 3.24. The van der Waals surface area contributed by atoms with E-state index < -0.39 is 0 Å². The summed E-state index contributed by atoms with van der Waals surface area (Å²) < 4.78 is 13.3. The molecule has 18 heavy (non-hydrogen) atoms. The van der Waals surface area contributed by atoms with E-state index in [1.54, 1.807) is 18.3 Å². The Morgan fingerprint density at radius 3 is 2.89 bits per heavy atom. The summed E-state index contributed by atoms with van der Waals surface area (Å²) in [4.78, 5) is 16.2. The summed E-state index contributed by atoms with van der Waals surface area (Å²) in [5.74, 6) is -0.264. The summed E-state index contributed by atoms with van der Waals surface area (Å²) in [7, 11) is 0. The molecule has 1 aliphatic heterocycles. The molecule has 0 fully saturated rings. The van der Waals surface area contributed by atoms with Crippen LogP contribution in [-0.4, -0.2) is 11.5 Å². The zero-order valence-corrected chi connectivity index (χ0v) is 10.0. The van der Waals surface area contributed by atoms with Gasteiger partial charge in [0.05, 0.1) is 0 Å². The van der Waals surface area contributed by atoms with Gasteiger partial charge in [-0.15, -0.1) is 0 Å². The summed E-state index contributed by atoms with van der Waals surface area (Å²) in [6.45, 7) is 2.00. The van der Waals surface area contributed by atoms with E-state index in [2.05, 4.69) is 4.99 Å². The van der Waals surface area contributed by atoms with Gasteiger partial charge in [0, 0.05) is 30.3 Å². The average Bonchev–Trinajstić information content (AvgIpc) is 2.86. The number of hydrogen-bond acceptors (Lipinski definition) is 2. The number of benzene rings is 1. The lowest BCUT2D eigenvalue weighted by Gasteiger charge is -2.00. The van der Waals surface area contributed by atoms with Crippen molar-refractivity contribution in [2.75, 3.05) is 0 Å². The van der Waals surface area contributed by atoms with Gasteiger partial charge in [-0.2, -0.15) is 0 Å². The first-order chi connectivity index (χ1) is 8.63. The summed E-state index contributed by atoms with van der Waals surface area (Å²) in [5, 5.41) is 0. The maximum atomic E-state index is 13.3. The fourth-order valence-corrected chi connectivity index (χ4v) is 2.36. The van der Waals surface area contributed by atoms with Crippen molar-refractivity contribution in [1.82, 2.24) is 0 Å². The largest absolute Gasteiger partial charge is 0.294 e. The molecule has 0 radical (unpaired) electrons. The Hall–Kier alpha value is -2.03. The van der Waals surface area contributed by atoms with Gasteiger partial charge in [-0.3, -0.25) is 9.79 Å². The molecular formula is C15H12FNO. The van der Waals surface area contributed by atoms with E-state index in [0.29, 0.717) is 17.6 Å². The highest BCUT2D eigenvalue weighted by atomic mass is 19.1. The molecule has 0 atom stereocenters. The number of fused-ring (bicyclic) bond motifs is 1. The molecule has 2 nitrogen and oxygen atoms in total. The van der Waals surface area contributed by atoms with E-state index in [0.717, 1.165) is 17.7 Å². The normalized spacial score (nSPS) is 20.1. The fraction of sp³-hybridized carbons (Fsp3) is 0.200. The SMILES string of the molecule is CC1=CN=C(/C=C2\C(=O)Cc3ccc(F)cc32)C1. The number of allylic oxidation sites excluding steroid dienone is 3. The Balaban J connectivity index is 2.02. The monoisotopic (exact) mass is 241 g/mol. The molecule has 1 aliphatic carbocycles. The molecule has 2 aliphatic rings. The van der Waals surface area contributed by atoms with Gasteiger partial charge in [0.1, 0.15) is 5.82 Å². The molecular weight excluding hydrogens is 229 g/mol. The number of carbonyl (C=O) groups is 1. The van der Waals surface area contributed by atoms with Crippen molar-refractivity contribution in [2.24, 2.45) is 4.99 Å². The minimum atomic E-state index is -0.308. The smallest absolute Gasteiger partial charge is 0.167 e. The molecule has 90 valence electrons. The van der Waals surface area contributed by atoms with Crippen LogP contribution < -0.4 is 0 Å². The third-order valence-electron chi connectivity index (χ3n) is 3.24. The van der Waals surface area contributed by atoms with Crippen molar-refractivity contribution in [3.8, 4) is 0 Å². The molecule has 3 rings (SSSR count). The van der Waals surface area contributed by atoms with Crippen LogP contribution in [0.2, 0.25) is 0 Å². The van der Waals surface area contributed by atoms with Crippen molar-refractivity contribution < 1.29 is 9.18 Å². The topological polar surface area (TPSA) is 29.4 Å². The van der Waals surface area contributed by atoms with E-state index >= 15 is 0 Å². The van der Waals surface area contributed by atoms with Crippen LogP contribution in [0, 0.1) is 5.82 Å². The molecule has 0 bridgehead atoms. The van der Waals surface area contributed by atoms with Gasteiger partial charge in [-0.25, -0.2) is 4.39 Å². The molecule has 1 heterocycles. The Labute approximate surface area is 105 Å². The lowest BCUT2D eigenvalue weighted by Crippen LogP contribution is -1.98. The Morgan fingerprint density at radius 1 is 1.33 bits per heavy atom. The van der Waals surface area contributed by atoms with Crippen LogP contribution in [-0.2, 0) is 11.2 Å². The van der Waals surface area contributed by atoms with Crippen LogP contribution in [0.4, 0.5) is 4.39 Å². The van der Waals surface area contributed by atoms with Crippen LogP contribution in [0.25, 0.3) is 5.57 Å². The lowest BCUT2D eigenvalue weighted by atomic mass is 10.0. The van der Waals surface area contributed by atoms with E-state index in [-0.39, 0.29) is 11.6 Å². The summed E-state index contributed by atoms with van der Waals surface area (Å²) in [6, 6.07) is 4.51. The quantitative estimate of drug-likeness (QED) is 0.695. The lowest BCUT2D eigenvalue weighted by molar-refractivity contribution is -0.112. The number of halogens is 1. The first kappa shape index (κ1) is 11.1. The number of rotatable bonds is 1. The van der Waals surface area contributed by atoms with Gasteiger partial charge in [0.15, 0.2) is 5.78 Å². The predicted octanol–water partition coefficient (Wildman–Crippen LogP) is 3.08. The zero-order valence-electron chi connectivity index (χ0n) is 10.0. The highest BCUT2D eigenvalue weighted by Gasteiger charge is 2.25. The molecule has 0 unspecified atom stereocenters. The highest BCUT2D eigenvalue weighted by Crippen LogP contribution is 2.30. The van der Waals surface area contributed by atoms with Crippen molar-refractivity contribution in [3.63, 3.8) is 0 Å². The van der Waals surface area contributed by atoms with Crippen LogP contribution in [0.15, 0.2) is 41.0 Å². The number of hydrogen-bond donors (Lipinski definition) is 0. The maximum Gasteiger partial charge on any atom is 0.167 e. The molecule has 0 N–H and O–H groups in total. The van der Waals surface area contributed by atoms with Crippen LogP contribution >= 0.6 is 0 Å². The molecule has 0 aromatic heterocycles. The number of Topliss-reactive ketones (excluding diaryl/α,β-unsaturated/α-hetero) is 1. The van der Waals surface area contributed by atoms with Crippen molar-refractivity contribution in [3.05, 3.63) is 53.0 Å². The second-order valence-electron chi connectivity index (χ2n) is 4.73. The molecule has 1 aromatic rings. The minimum absolute atomic E-state index is 0.0443. The highest BCUT2D eigenvalue weighted by molar-refractivity contribution is 6.29. The first-order valence-electron chi connectivity index (χ1n) is 5.89. The molecule has 0 saturated carbocycles. The molecule has 0 spiro atoms. The van der Waals surface area contributed by atoms with Crippen LogP contribution in [0.5, 0.6) is 0 Å². The van der Waals surface area contributed by atoms with Gasteiger partial charge >= 0.3 is 0 Å². The van der Waals surface area contributed by atoms with Gasteiger partial charge in [-0.05, 0) is 41.8 Å². The predicted molar refractivity (Wildman–Crippen MR) is 68.9 cm³/mol. The minimum Gasteiger partial charge on any atom is -0.294 e.